The molecule has 74 valence electrons. The van der Waals surface area contributed by atoms with Gasteiger partial charge in [0.25, 0.3) is 0 Å². The number of nitrogens with two attached hydrogens (primary N) is 1. The molecule has 0 aliphatic heterocycles. The average molecular weight is 199 g/mol. The molecule has 3 nitrogen and oxygen atoms in total. The van der Waals surface area contributed by atoms with Crippen LogP contribution in [0, 0.1) is 0 Å². The van der Waals surface area contributed by atoms with Crippen molar-refractivity contribution in [1.82, 2.24) is 9.55 Å². The molecular weight excluding hydrogens is 182 g/mol. The van der Waals surface area contributed by atoms with E-state index in [0.717, 1.165) is 31.0 Å². The number of hydrogen-bond acceptors (Lipinski definition) is 3. The van der Waals surface area contributed by atoms with Gasteiger partial charge in [-0.15, -0.1) is 0 Å². The van der Waals surface area contributed by atoms with Crippen molar-refractivity contribution in [3.8, 4) is 0 Å². The molecule has 0 aliphatic carbocycles. The zero-order valence-corrected chi connectivity index (χ0v) is 8.89. The molecule has 0 aliphatic rings. The van der Waals surface area contributed by atoms with Crippen LogP contribution < -0.4 is 5.73 Å². The van der Waals surface area contributed by atoms with Gasteiger partial charge >= 0.3 is 0 Å². The third-order valence-electron chi connectivity index (χ3n) is 1.78. The summed E-state index contributed by atoms with van der Waals surface area (Å²) in [6.07, 6.45) is 5.01. The van der Waals surface area contributed by atoms with E-state index in [1.165, 1.54) is 5.69 Å². The molecule has 0 fully saturated rings. The highest BCUT2D eigenvalue weighted by molar-refractivity contribution is 7.98. The van der Waals surface area contributed by atoms with Crippen LogP contribution in [-0.4, -0.2) is 21.8 Å². The first-order valence-electron chi connectivity index (χ1n) is 4.65. The van der Waals surface area contributed by atoms with Crippen LogP contribution in [0.15, 0.2) is 12.5 Å². The molecule has 1 aromatic rings. The Morgan fingerprint density at radius 1 is 1.62 bits per heavy atom. The summed E-state index contributed by atoms with van der Waals surface area (Å²) >= 11 is 1.87. The topological polar surface area (TPSA) is 43.8 Å². The number of hydrogen-bond donors (Lipinski definition) is 1. The van der Waals surface area contributed by atoms with E-state index in [4.69, 9.17) is 5.73 Å². The third kappa shape index (κ3) is 3.40. The Balaban J connectivity index is 2.40. The predicted octanol–water partition coefficient (Wildman–Crippen LogP) is 1.48. The van der Waals surface area contributed by atoms with Gasteiger partial charge in [0.1, 0.15) is 0 Å². The zero-order valence-electron chi connectivity index (χ0n) is 8.07. The fourth-order valence-corrected chi connectivity index (χ4v) is 1.93. The number of thioether (sulfide) groups is 1. The number of imidazole rings is 1. The molecule has 1 heterocycles. The van der Waals surface area contributed by atoms with Crippen molar-refractivity contribution in [2.45, 2.75) is 25.6 Å². The summed E-state index contributed by atoms with van der Waals surface area (Å²) in [7, 11) is 0. The summed E-state index contributed by atoms with van der Waals surface area (Å²) in [6.45, 7) is 4.00. The Labute approximate surface area is 83.7 Å². The van der Waals surface area contributed by atoms with Gasteiger partial charge in [0.05, 0.1) is 6.33 Å². The van der Waals surface area contributed by atoms with Crippen molar-refractivity contribution in [2.75, 3.05) is 12.3 Å². The molecule has 0 amide bonds. The lowest BCUT2D eigenvalue weighted by atomic mass is 10.4. The van der Waals surface area contributed by atoms with Crippen LogP contribution in [0.2, 0.25) is 0 Å². The monoisotopic (exact) mass is 199 g/mol. The molecule has 1 aromatic heterocycles. The van der Waals surface area contributed by atoms with Gasteiger partial charge in [0.2, 0.25) is 0 Å². The van der Waals surface area contributed by atoms with E-state index in [2.05, 4.69) is 16.5 Å². The van der Waals surface area contributed by atoms with Gasteiger partial charge in [0, 0.05) is 36.5 Å². The summed E-state index contributed by atoms with van der Waals surface area (Å²) in [5.41, 5.74) is 6.73. The van der Waals surface area contributed by atoms with Crippen molar-refractivity contribution in [3.63, 3.8) is 0 Å². The average Bonchev–Trinajstić information content (AvgIpc) is 2.54. The fourth-order valence-electron chi connectivity index (χ4n) is 1.17. The van der Waals surface area contributed by atoms with E-state index >= 15 is 0 Å². The molecule has 0 unspecified atom stereocenters. The number of aromatic nitrogens is 2. The van der Waals surface area contributed by atoms with Gasteiger partial charge in [0.15, 0.2) is 0 Å². The van der Waals surface area contributed by atoms with Crippen molar-refractivity contribution in [1.29, 1.82) is 0 Å². The zero-order chi connectivity index (χ0) is 9.52. The maximum Gasteiger partial charge on any atom is 0.0948 e. The summed E-state index contributed by atoms with van der Waals surface area (Å²) in [5.74, 6) is 2.05. The maximum absolute atomic E-state index is 5.42. The normalized spacial score (nSPS) is 10.6. The van der Waals surface area contributed by atoms with Gasteiger partial charge in [-0.2, -0.15) is 11.8 Å². The molecule has 0 atom stereocenters. The van der Waals surface area contributed by atoms with E-state index in [9.17, 15) is 0 Å². The largest absolute Gasteiger partial charge is 0.334 e. The maximum atomic E-state index is 5.42. The van der Waals surface area contributed by atoms with E-state index in [1.807, 2.05) is 24.3 Å². The molecule has 0 radical (unpaired) electrons. The van der Waals surface area contributed by atoms with Crippen molar-refractivity contribution < 1.29 is 0 Å². The Morgan fingerprint density at radius 3 is 3.15 bits per heavy atom. The van der Waals surface area contributed by atoms with Crippen LogP contribution in [-0.2, 0) is 12.3 Å². The molecular formula is C9H17N3S. The second kappa shape index (κ2) is 6.05. The first kappa shape index (κ1) is 10.6. The molecule has 1 rings (SSSR count). The van der Waals surface area contributed by atoms with Gasteiger partial charge in [-0.05, 0) is 6.42 Å². The quantitative estimate of drug-likeness (QED) is 0.706. The summed E-state index contributed by atoms with van der Waals surface area (Å²) in [6, 6.07) is 0. The summed E-state index contributed by atoms with van der Waals surface area (Å²) in [5, 5.41) is 0. The fraction of sp³-hybridized carbons (Fsp3) is 0.667. The van der Waals surface area contributed by atoms with Crippen molar-refractivity contribution >= 4 is 11.8 Å². The van der Waals surface area contributed by atoms with Gasteiger partial charge in [-0.25, -0.2) is 4.98 Å². The van der Waals surface area contributed by atoms with Crippen LogP contribution in [0.25, 0.3) is 0 Å². The molecule has 2 N–H and O–H groups in total. The molecule has 0 spiro atoms. The van der Waals surface area contributed by atoms with E-state index in [1.54, 1.807) is 0 Å². The molecule has 13 heavy (non-hydrogen) atoms. The van der Waals surface area contributed by atoms with Crippen LogP contribution in [0.1, 0.15) is 19.0 Å². The molecule has 0 bridgehead atoms. The van der Waals surface area contributed by atoms with Gasteiger partial charge < -0.3 is 10.3 Å². The van der Waals surface area contributed by atoms with Gasteiger partial charge in [-0.1, -0.05) is 6.92 Å². The van der Waals surface area contributed by atoms with E-state index in [0.29, 0.717) is 0 Å². The first-order valence-corrected chi connectivity index (χ1v) is 5.80. The van der Waals surface area contributed by atoms with Crippen LogP contribution >= 0.6 is 11.8 Å². The van der Waals surface area contributed by atoms with Crippen LogP contribution in [0.5, 0.6) is 0 Å². The second-order valence-electron chi connectivity index (χ2n) is 2.92. The van der Waals surface area contributed by atoms with Crippen molar-refractivity contribution in [2.24, 2.45) is 5.73 Å². The third-order valence-corrected chi connectivity index (χ3v) is 2.80. The Hall–Kier alpha value is -0.480. The minimum absolute atomic E-state index is 0.757. The second-order valence-corrected chi connectivity index (χ2v) is 4.02. The van der Waals surface area contributed by atoms with Crippen LogP contribution in [0.3, 0.4) is 0 Å². The van der Waals surface area contributed by atoms with Gasteiger partial charge in [-0.3, -0.25) is 0 Å². The SMILES string of the molecule is CCCn1cncc1CSCCN. The Morgan fingerprint density at radius 2 is 2.46 bits per heavy atom. The number of nitrogens with zero attached hydrogens (tertiary/aromatic N) is 2. The van der Waals surface area contributed by atoms with E-state index < -0.39 is 0 Å². The lowest BCUT2D eigenvalue weighted by molar-refractivity contribution is 0.659. The van der Waals surface area contributed by atoms with E-state index in [-0.39, 0.29) is 0 Å². The predicted molar refractivity (Wildman–Crippen MR) is 57.7 cm³/mol. The minimum Gasteiger partial charge on any atom is -0.334 e. The Bertz CT molecular complexity index is 235. The summed E-state index contributed by atoms with van der Waals surface area (Å²) < 4.78 is 2.21. The lowest BCUT2D eigenvalue weighted by Gasteiger charge is -2.05. The highest BCUT2D eigenvalue weighted by Gasteiger charge is 2.00. The molecule has 4 heteroatoms. The highest BCUT2D eigenvalue weighted by atomic mass is 32.2. The first-order chi connectivity index (χ1) is 6.38. The smallest absolute Gasteiger partial charge is 0.0948 e. The van der Waals surface area contributed by atoms with Crippen molar-refractivity contribution in [3.05, 3.63) is 18.2 Å². The Kier molecular flexibility index (Phi) is 4.93. The number of rotatable bonds is 6. The molecule has 0 saturated heterocycles. The van der Waals surface area contributed by atoms with Crippen LogP contribution in [0.4, 0.5) is 0 Å². The number of aryl methyl sites for hydroxylation is 1. The highest BCUT2D eigenvalue weighted by Crippen LogP contribution is 2.11. The molecule has 0 saturated carbocycles. The summed E-state index contributed by atoms with van der Waals surface area (Å²) in [4.78, 5) is 4.14. The lowest BCUT2D eigenvalue weighted by Crippen LogP contribution is -2.03. The molecule has 0 aromatic carbocycles. The standard InChI is InChI=1S/C9H17N3S/c1-2-4-12-8-11-6-9(12)7-13-5-3-10/h6,8H,2-5,7,10H2,1H3. The minimum atomic E-state index is 0.757.